The van der Waals surface area contributed by atoms with Crippen molar-refractivity contribution in [2.24, 2.45) is 0 Å². The predicted molar refractivity (Wildman–Crippen MR) is 125 cm³/mol. The molecule has 1 atom stereocenters. The third kappa shape index (κ3) is 4.34. The number of rotatable bonds is 7. The molecule has 0 bridgehead atoms. The van der Waals surface area contributed by atoms with E-state index in [9.17, 15) is 9.59 Å². The van der Waals surface area contributed by atoms with Gasteiger partial charge in [-0.15, -0.1) is 0 Å². The molecule has 166 valence electrons. The lowest BCUT2D eigenvalue weighted by atomic mass is 10.0. The van der Waals surface area contributed by atoms with Crippen molar-refractivity contribution < 1.29 is 4.74 Å². The Bertz CT molecular complexity index is 1340. The smallest absolute Gasteiger partial charge is 0.349 e. The Morgan fingerprint density at radius 2 is 1.81 bits per heavy atom. The van der Waals surface area contributed by atoms with Gasteiger partial charge < -0.3 is 9.30 Å². The molecule has 2 aliphatic rings. The highest BCUT2D eigenvalue weighted by Gasteiger charge is 2.22. The van der Waals surface area contributed by atoms with Crippen LogP contribution in [0.2, 0.25) is 0 Å². The van der Waals surface area contributed by atoms with Crippen LogP contribution in [0.3, 0.4) is 0 Å². The molecule has 2 aromatic rings. The lowest BCUT2D eigenvalue weighted by Gasteiger charge is -2.23. The lowest BCUT2D eigenvalue weighted by Crippen LogP contribution is -2.31. The summed E-state index contributed by atoms with van der Waals surface area (Å²) in [7, 11) is 0. The zero-order valence-corrected chi connectivity index (χ0v) is 18.9. The third-order valence-electron chi connectivity index (χ3n) is 5.82. The standard InChI is InChI=1S/C25H28N4O3/c1-5-18-13-20-21(11-16(18)4)29(23-22(26-20)24(30)28-25(31)27-23)14-19(32-6-2)12-17-9-7-15(3)8-10-17/h7-11,13,19H,5-6,12,14H2,1-4H3,(H,28,30,31). The van der Waals surface area contributed by atoms with Crippen LogP contribution in [0.25, 0.3) is 22.6 Å². The topological polar surface area (TPSA) is 89.9 Å². The number of hydrogen-bond acceptors (Lipinski definition) is 5. The number of aryl methyl sites for hydroxylation is 3. The second kappa shape index (κ2) is 9.04. The van der Waals surface area contributed by atoms with E-state index in [0.717, 1.165) is 23.1 Å². The van der Waals surface area contributed by atoms with E-state index in [4.69, 9.17) is 4.74 Å². The molecule has 4 rings (SSSR count). The number of ether oxygens (including phenoxy) is 1. The third-order valence-corrected chi connectivity index (χ3v) is 5.82. The number of aromatic nitrogens is 4. The fourth-order valence-corrected chi connectivity index (χ4v) is 4.16. The maximum atomic E-state index is 12.5. The minimum absolute atomic E-state index is 0.161. The summed E-state index contributed by atoms with van der Waals surface area (Å²) < 4.78 is 7.99. The van der Waals surface area contributed by atoms with Crippen molar-refractivity contribution in [1.29, 1.82) is 0 Å². The fourth-order valence-electron chi connectivity index (χ4n) is 4.16. The Morgan fingerprint density at radius 1 is 1.06 bits per heavy atom. The van der Waals surface area contributed by atoms with Crippen LogP contribution in [-0.4, -0.2) is 32.2 Å². The van der Waals surface area contributed by atoms with Crippen LogP contribution in [0, 0.1) is 13.8 Å². The largest absolute Gasteiger partial charge is 0.376 e. The molecule has 0 aromatic heterocycles. The molecule has 1 N–H and O–H groups in total. The number of nitrogens with zero attached hydrogens (tertiary/aromatic N) is 3. The molecule has 7 heteroatoms. The summed E-state index contributed by atoms with van der Waals surface area (Å²) >= 11 is 0. The van der Waals surface area contributed by atoms with E-state index in [1.54, 1.807) is 0 Å². The van der Waals surface area contributed by atoms with Crippen LogP contribution < -0.4 is 11.2 Å². The molecule has 2 aliphatic heterocycles. The average Bonchev–Trinajstić information content (AvgIpc) is 2.76. The zero-order chi connectivity index (χ0) is 22.8. The molecule has 0 aliphatic carbocycles. The number of fused-ring (bicyclic) bond motifs is 2. The van der Waals surface area contributed by atoms with Gasteiger partial charge >= 0.3 is 5.69 Å². The summed E-state index contributed by atoms with van der Waals surface area (Å²) in [6.07, 6.45) is 1.40. The second-order valence-electron chi connectivity index (χ2n) is 8.15. The van der Waals surface area contributed by atoms with E-state index in [2.05, 4.69) is 66.1 Å². The summed E-state index contributed by atoms with van der Waals surface area (Å²) in [5.74, 6) is 0.281. The van der Waals surface area contributed by atoms with Crippen molar-refractivity contribution in [3.63, 3.8) is 0 Å². The van der Waals surface area contributed by atoms with Gasteiger partial charge in [-0.25, -0.2) is 9.78 Å². The van der Waals surface area contributed by atoms with Crippen molar-refractivity contribution in [3.05, 3.63) is 79.5 Å². The first-order valence-corrected chi connectivity index (χ1v) is 11.0. The van der Waals surface area contributed by atoms with Crippen molar-refractivity contribution in [3.8, 4) is 11.5 Å². The minimum Gasteiger partial charge on any atom is -0.376 e. The number of nitrogens with one attached hydrogen (secondary N) is 1. The van der Waals surface area contributed by atoms with Crippen LogP contribution in [0.5, 0.6) is 0 Å². The van der Waals surface area contributed by atoms with E-state index >= 15 is 0 Å². The van der Waals surface area contributed by atoms with E-state index in [0.29, 0.717) is 25.1 Å². The van der Waals surface area contributed by atoms with Gasteiger partial charge in [-0.1, -0.05) is 36.8 Å². The molecule has 0 saturated carbocycles. The molecule has 2 aromatic carbocycles. The summed E-state index contributed by atoms with van der Waals surface area (Å²) in [6, 6.07) is 12.5. The zero-order valence-electron chi connectivity index (χ0n) is 18.9. The first-order valence-electron chi connectivity index (χ1n) is 11.0. The molecule has 0 fully saturated rings. The summed E-state index contributed by atoms with van der Waals surface area (Å²) in [6.45, 7) is 9.17. The van der Waals surface area contributed by atoms with Gasteiger partial charge in [0.15, 0.2) is 11.5 Å². The Morgan fingerprint density at radius 3 is 2.50 bits per heavy atom. The molecule has 1 unspecified atom stereocenters. The number of benzene rings is 2. The molecular formula is C25H28N4O3. The van der Waals surface area contributed by atoms with E-state index < -0.39 is 11.2 Å². The van der Waals surface area contributed by atoms with Crippen molar-refractivity contribution >= 4 is 11.0 Å². The number of hydrogen-bond donors (Lipinski definition) is 1. The maximum Gasteiger partial charge on any atom is 0.349 e. The van der Waals surface area contributed by atoms with Gasteiger partial charge in [0.1, 0.15) is 0 Å². The summed E-state index contributed by atoms with van der Waals surface area (Å²) in [5, 5.41) is 0. The van der Waals surface area contributed by atoms with E-state index in [1.807, 2.05) is 17.6 Å². The predicted octanol–water partition coefficient (Wildman–Crippen LogP) is 3.41. The number of H-pyrrole nitrogens is 1. The van der Waals surface area contributed by atoms with Gasteiger partial charge in [-0.2, -0.15) is 4.98 Å². The van der Waals surface area contributed by atoms with Gasteiger partial charge in [0.2, 0.25) is 0 Å². The summed E-state index contributed by atoms with van der Waals surface area (Å²) in [5.41, 5.74) is 5.16. The molecule has 7 nitrogen and oxygen atoms in total. The van der Waals surface area contributed by atoms with Gasteiger partial charge in [-0.05, 0) is 56.0 Å². The number of aromatic amines is 1. The SMILES string of the molecule is CCOC(Cc1ccc(C)cc1)Cn1c2nc(=O)[nH]c(=O)c-2nc2cc(CC)c(C)cc21. The van der Waals surface area contributed by atoms with Crippen molar-refractivity contribution in [1.82, 2.24) is 19.5 Å². The average molecular weight is 433 g/mol. The van der Waals surface area contributed by atoms with E-state index in [1.165, 1.54) is 11.1 Å². The quantitative estimate of drug-likeness (QED) is 0.452. The van der Waals surface area contributed by atoms with Crippen LogP contribution in [-0.2, 0) is 24.1 Å². The Labute approximate surface area is 186 Å². The molecule has 0 radical (unpaired) electrons. The normalized spacial score (nSPS) is 12.5. The molecule has 0 spiro atoms. The molecule has 32 heavy (non-hydrogen) atoms. The van der Waals surface area contributed by atoms with Gasteiger partial charge in [0.05, 0.1) is 23.7 Å². The van der Waals surface area contributed by atoms with Crippen LogP contribution in [0.4, 0.5) is 0 Å². The molecule has 0 saturated heterocycles. The lowest BCUT2D eigenvalue weighted by molar-refractivity contribution is 0.0517. The monoisotopic (exact) mass is 432 g/mol. The maximum absolute atomic E-state index is 12.5. The van der Waals surface area contributed by atoms with Crippen LogP contribution in [0.15, 0.2) is 46.0 Å². The van der Waals surface area contributed by atoms with Crippen LogP contribution >= 0.6 is 0 Å². The van der Waals surface area contributed by atoms with Crippen molar-refractivity contribution in [2.75, 3.05) is 6.61 Å². The van der Waals surface area contributed by atoms with Gasteiger partial charge in [-0.3, -0.25) is 9.78 Å². The van der Waals surface area contributed by atoms with Crippen molar-refractivity contribution in [2.45, 2.75) is 53.2 Å². The minimum atomic E-state index is -0.675. The Kier molecular flexibility index (Phi) is 6.19. The molecule has 2 heterocycles. The Hall–Kier alpha value is -3.32. The van der Waals surface area contributed by atoms with Crippen LogP contribution in [0.1, 0.15) is 36.1 Å². The second-order valence-corrected chi connectivity index (χ2v) is 8.15. The highest BCUT2D eigenvalue weighted by Crippen LogP contribution is 2.25. The molecular weight excluding hydrogens is 404 g/mol. The van der Waals surface area contributed by atoms with Gasteiger partial charge in [0.25, 0.3) is 5.56 Å². The Balaban J connectivity index is 1.88. The highest BCUT2D eigenvalue weighted by atomic mass is 16.5. The van der Waals surface area contributed by atoms with E-state index in [-0.39, 0.29) is 17.6 Å². The fraction of sp³-hybridized carbons (Fsp3) is 0.360. The highest BCUT2D eigenvalue weighted by molar-refractivity contribution is 5.81. The first-order chi connectivity index (χ1) is 15.4. The summed E-state index contributed by atoms with van der Waals surface area (Å²) in [4.78, 5) is 35.5. The molecule has 0 amide bonds. The first kappa shape index (κ1) is 21.9. The van der Waals surface area contributed by atoms with Gasteiger partial charge in [0, 0.05) is 13.0 Å².